The molecule has 3 saturated heterocycles. The van der Waals surface area contributed by atoms with Gasteiger partial charge in [-0.3, -0.25) is 14.6 Å². The minimum absolute atomic E-state index is 0.0823. The number of carbonyl (C=O) groups excluding carboxylic acids is 2. The second-order valence-corrected chi connectivity index (χ2v) is 8.41. The minimum atomic E-state index is -0.110. The van der Waals surface area contributed by atoms with Crippen LogP contribution in [0.25, 0.3) is 10.1 Å². The summed E-state index contributed by atoms with van der Waals surface area (Å²) in [4.78, 5) is 34.0. The molecule has 3 fully saturated rings. The average molecular weight is 356 g/mol. The zero-order valence-corrected chi connectivity index (χ0v) is 14.7. The highest BCUT2D eigenvalue weighted by Crippen LogP contribution is 2.29. The standard InChI is InChI=1S/C18H20N4O2S/c23-17(20-13-5-11-1-2-21(9-11)10-13)14-7-15-12(8-19-14)6-16(25-15)18(24)22-3-4-22/h6-8,11,13H,1-5,9-10H2,(H,20,23)/t11-,13+/m0/s1. The van der Waals surface area contributed by atoms with Crippen LogP contribution in [0.1, 0.15) is 33.0 Å². The largest absolute Gasteiger partial charge is 0.347 e. The summed E-state index contributed by atoms with van der Waals surface area (Å²) in [5, 5.41) is 4.07. The number of hydrogen-bond donors (Lipinski definition) is 1. The molecular weight excluding hydrogens is 336 g/mol. The lowest BCUT2D eigenvalue weighted by molar-refractivity contribution is 0.0886. The molecule has 0 aromatic carbocycles. The van der Waals surface area contributed by atoms with E-state index in [1.165, 1.54) is 24.3 Å². The van der Waals surface area contributed by atoms with E-state index >= 15 is 0 Å². The highest BCUT2D eigenvalue weighted by atomic mass is 32.1. The Hall–Kier alpha value is -1.99. The molecule has 3 atom stereocenters. The Morgan fingerprint density at radius 2 is 2.08 bits per heavy atom. The fraction of sp³-hybridized carbons (Fsp3) is 0.500. The molecule has 6 nitrogen and oxygen atoms in total. The average Bonchev–Trinajstić information content (AvgIpc) is 3.28. The van der Waals surface area contributed by atoms with E-state index in [0.29, 0.717) is 5.69 Å². The number of rotatable bonds is 3. The number of amides is 2. The number of nitrogens with zero attached hydrogens (tertiary/aromatic N) is 3. The van der Waals surface area contributed by atoms with Crippen LogP contribution in [0.3, 0.4) is 0 Å². The normalized spacial score (nSPS) is 27.5. The van der Waals surface area contributed by atoms with Crippen molar-refractivity contribution >= 4 is 33.2 Å². The summed E-state index contributed by atoms with van der Waals surface area (Å²) in [5.74, 6) is 0.693. The fourth-order valence-corrected chi connectivity index (χ4v) is 5.03. The van der Waals surface area contributed by atoms with Gasteiger partial charge in [-0.2, -0.15) is 0 Å². The van der Waals surface area contributed by atoms with Crippen LogP contribution < -0.4 is 5.32 Å². The molecule has 0 saturated carbocycles. The van der Waals surface area contributed by atoms with E-state index in [1.54, 1.807) is 11.1 Å². The molecule has 0 spiro atoms. The van der Waals surface area contributed by atoms with Crippen LogP contribution in [0, 0.1) is 5.92 Å². The molecule has 5 heterocycles. The van der Waals surface area contributed by atoms with Gasteiger partial charge < -0.3 is 15.1 Å². The zero-order chi connectivity index (χ0) is 17.0. The fourth-order valence-electron chi connectivity index (χ4n) is 4.00. The Labute approximate surface area is 149 Å². The third-order valence-electron chi connectivity index (χ3n) is 5.38. The van der Waals surface area contributed by atoms with Gasteiger partial charge in [-0.1, -0.05) is 0 Å². The number of hydrogen-bond acceptors (Lipinski definition) is 5. The van der Waals surface area contributed by atoms with Gasteiger partial charge in [0.05, 0.1) is 4.88 Å². The first-order chi connectivity index (χ1) is 12.2. The Morgan fingerprint density at radius 1 is 1.20 bits per heavy atom. The van der Waals surface area contributed by atoms with Crippen molar-refractivity contribution < 1.29 is 9.59 Å². The van der Waals surface area contributed by atoms with Crippen LogP contribution >= 0.6 is 11.3 Å². The molecule has 2 aromatic rings. The van der Waals surface area contributed by atoms with Crippen LogP contribution in [0.4, 0.5) is 0 Å². The Morgan fingerprint density at radius 3 is 2.88 bits per heavy atom. The summed E-state index contributed by atoms with van der Waals surface area (Å²) >= 11 is 1.44. The number of nitrogens with one attached hydrogen (secondary N) is 1. The van der Waals surface area contributed by atoms with E-state index in [9.17, 15) is 9.59 Å². The summed E-state index contributed by atoms with van der Waals surface area (Å²) in [6, 6.07) is 3.91. The van der Waals surface area contributed by atoms with Crippen molar-refractivity contribution in [2.24, 2.45) is 5.92 Å². The second kappa shape index (κ2) is 5.78. The van der Waals surface area contributed by atoms with E-state index in [1.807, 2.05) is 12.1 Å². The first-order valence-corrected chi connectivity index (χ1v) is 9.69. The summed E-state index contributed by atoms with van der Waals surface area (Å²) in [6.45, 7) is 4.97. The predicted octanol–water partition coefficient (Wildman–Crippen LogP) is 1.58. The van der Waals surface area contributed by atoms with Crippen LogP contribution in [-0.4, -0.2) is 65.4 Å². The number of thiophene rings is 1. The van der Waals surface area contributed by atoms with E-state index in [4.69, 9.17) is 0 Å². The van der Waals surface area contributed by atoms with Crippen molar-refractivity contribution in [2.45, 2.75) is 18.9 Å². The first kappa shape index (κ1) is 15.3. The van der Waals surface area contributed by atoms with E-state index in [-0.39, 0.29) is 17.9 Å². The van der Waals surface area contributed by atoms with E-state index in [0.717, 1.165) is 53.5 Å². The highest BCUT2D eigenvalue weighted by Gasteiger charge is 2.33. The summed E-state index contributed by atoms with van der Waals surface area (Å²) in [5.41, 5.74) is 0.438. The lowest BCUT2D eigenvalue weighted by Crippen LogP contribution is -2.47. The van der Waals surface area contributed by atoms with Gasteiger partial charge >= 0.3 is 0 Å². The zero-order valence-electron chi connectivity index (χ0n) is 13.9. The van der Waals surface area contributed by atoms with Gasteiger partial charge in [-0.15, -0.1) is 11.3 Å². The maximum absolute atomic E-state index is 12.6. The van der Waals surface area contributed by atoms with E-state index in [2.05, 4.69) is 15.2 Å². The Kier molecular flexibility index (Phi) is 3.53. The molecule has 2 amide bonds. The van der Waals surface area contributed by atoms with Crippen molar-refractivity contribution in [1.29, 1.82) is 0 Å². The maximum atomic E-state index is 12.6. The topological polar surface area (TPSA) is 65.3 Å². The molecule has 130 valence electrons. The lowest BCUT2D eigenvalue weighted by atomic mass is 9.97. The number of aromatic nitrogens is 1. The molecule has 0 aliphatic carbocycles. The third-order valence-corrected chi connectivity index (χ3v) is 6.47. The monoisotopic (exact) mass is 356 g/mol. The van der Waals surface area contributed by atoms with Crippen molar-refractivity contribution in [3.63, 3.8) is 0 Å². The molecule has 3 aliphatic heterocycles. The van der Waals surface area contributed by atoms with Gasteiger partial charge in [-0.25, -0.2) is 0 Å². The lowest BCUT2D eigenvalue weighted by Gasteiger charge is -2.30. The van der Waals surface area contributed by atoms with Crippen molar-refractivity contribution in [1.82, 2.24) is 20.1 Å². The van der Waals surface area contributed by atoms with Gasteiger partial charge in [-0.05, 0) is 37.4 Å². The summed E-state index contributed by atoms with van der Waals surface area (Å²) < 4.78 is 0.942. The summed E-state index contributed by atoms with van der Waals surface area (Å²) in [7, 11) is 0. The third kappa shape index (κ3) is 2.91. The van der Waals surface area contributed by atoms with Crippen molar-refractivity contribution in [3.8, 4) is 0 Å². The molecule has 1 unspecified atom stereocenters. The van der Waals surface area contributed by atoms with Crippen LogP contribution in [0.2, 0.25) is 0 Å². The first-order valence-electron chi connectivity index (χ1n) is 8.88. The van der Waals surface area contributed by atoms with Crippen LogP contribution in [-0.2, 0) is 0 Å². The molecule has 25 heavy (non-hydrogen) atoms. The van der Waals surface area contributed by atoms with Gasteiger partial charge in [0, 0.05) is 48.5 Å². The molecule has 5 rings (SSSR count). The second-order valence-electron chi connectivity index (χ2n) is 7.33. The van der Waals surface area contributed by atoms with Gasteiger partial charge in [0.15, 0.2) is 0 Å². The van der Waals surface area contributed by atoms with Gasteiger partial charge in [0.1, 0.15) is 5.69 Å². The quantitative estimate of drug-likeness (QED) is 0.848. The Bertz CT molecular complexity index is 848. The smallest absolute Gasteiger partial charge is 0.270 e. The van der Waals surface area contributed by atoms with Crippen molar-refractivity contribution in [3.05, 3.63) is 28.9 Å². The predicted molar refractivity (Wildman–Crippen MR) is 95.9 cm³/mol. The number of piperidine rings is 1. The maximum Gasteiger partial charge on any atom is 0.270 e. The molecular formula is C18H20N4O2S. The number of pyridine rings is 1. The van der Waals surface area contributed by atoms with Gasteiger partial charge in [0.25, 0.3) is 11.8 Å². The van der Waals surface area contributed by atoms with Crippen molar-refractivity contribution in [2.75, 3.05) is 32.7 Å². The Balaban J connectivity index is 1.33. The highest BCUT2D eigenvalue weighted by molar-refractivity contribution is 7.20. The SMILES string of the molecule is O=C(N[C@@H]1C[C@@H]2CCN(C2)C1)c1cc2sc(C(=O)N3CC3)cc2cn1. The minimum Gasteiger partial charge on any atom is -0.347 e. The molecule has 1 N–H and O–H groups in total. The molecule has 3 aliphatic rings. The molecule has 2 aromatic heterocycles. The molecule has 0 radical (unpaired) electrons. The molecule has 7 heteroatoms. The van der Waals surface area contributed by atoms with E-state index < -0.39 is 0 Å². The van der Waals surface area contributed by atoms with Crippen LogP contribution in [0.15, 0.2) is 18.3 Å². The number of fused-ring (bicyclic) bond motifs is 3. The summed E-state index contributed by atoms with van der Waals surface area (Å²) in [6.07, 6.45) is 4.02. The number of carbonyl (C=O) groups is 2. The van der Waals surface area contributed by atoms with Crippen LogP contribution in [0.5, 0.6) is 0 Å². The van der Waals surface area contributed by atoms with Gasteiger partial charge in [0.2, 0.25) is 0 Å². The molecule has 2 bridgehead atoms.